The van der Waals surface area contributed by atoms with Crippen molar-refractivity contribution in [3.63, 3.8) is 0 Å². The minimum Gasteiger partial charge on any atom is -0.489 e. The van der Waals surface area contributed by atoms with Gasteiger partial charge in [-0.1, -0.05) is 84.4 Å². The number of halogens is 1. The molecule has 174 valence electrons. The number of Topliss-reactive ketones (excluding diaryl/α,β-unsaturated/α-hetero) is 1. The van der Waals surface area contributed by atoms with Crippen molar-refractivity contribution in [3.05, 3.63) is 130 Å². The number of ether oxygens (including phenoxy) is 2. The van der Waals surface area contributed by atoms with Gasteiger partial charge in [-0.3, -0.25) is 4.79 Å². The van der Waals surface area contributed by atoms with Crippen LogP contribution in [0.25, 0.3) is 0 Å². The Bertz CT molecular complexity index is 1340. The second-order valence-corrected chi connectivity index (χ2v) is 8.91. The monoisotopic (exact) mass is 482 g/mol. The molecule has 0 saturated carbocycles. The summed E-state index contributed by atoms with van der Waals surface area (Å²) < 4.78 is 12.5. The molecule has 2 atom stereocenters. The molecular formula is C30H23ClO4. The van der Waals surface area contributed by atoms with Gasteiger partial charge in [0.2, 0.25) is 11.4 Å². The Morgan fingerprint density at radius 3 is 2.26 bits per heavy atom. The largest absolute Gasteiger partial charge is 0.489 e. The van der Waals surface area contributed by atoms with E-state index >= 15 is 0 Å². The highest BCUT2D eigenvalue weighted by molar-refractivity contribution is 6.30. The van der Waals surface area contributed by atoms with Gasteiger partial charge in [0.15, 0.2) is 0 Å². The molecule has 4 aromatic rings. The maximum absolute atomic E-state index is 14.1. The maximum Gasteiger partial charge on any atom is 0.215 e. The molecule has 0 radical (unpaired) electrons. The van der Waals surface area contributed by atoms with Crippen molar-refractivity contribution in [1.82, 2.24) is 0 Å². The summed E-state index contributed by atoms with van der Waals surface area (Å²) in [4.78, 5) is 25.9. The molecule has 5 heteroatoms. The van der Waals surface area contributed by atoms with Crippen LogP contribution < -0.4 is 9.47 Å². The Kier molecular flexibility index (Phi) is 6.39. The third-order valence-corrected chi connectivity index (χ3v) is 6.60. The lowest BCUT2D eigenvalue weighted by Gasteiger charge is -2.35. The molecule has 1 aliphatic rings. The quantitative estimate of drug-likeness (QED) is 0.260. The van der Waals surface area contributed by atoms with E-state index in [1.165, 1.54) is 0 Å². The van der Waals surface area contributed by atoms with Crippen LogP contribution in [0.5, 0.6) is 11.5 Å². The number of benzene rings is 4. The average Bonchev–Trinajstić information content (AvgIpc) is 3.19. The summed E-state index contributed by atoms with van der Waals surface area (Å²) in [6.07, 6.45) is 0.951. The molecule has 0 unspecified atom stereocenters. The zero-order valence-corrected chi connectivity index (χ0v) is 19.7. The zero-order valence-electron chi connectivity index (χ0n) is 18.9. The van der Waals surface area contributed by atoms with Gasteiger partial charge in [-0.05, 0) is 35.4 Å². The number of carbonyl (C=O) groups excluding carboxylic acids is 2. The molecule has 1 aliphatic heterocycles. The number of ketones is 1. The minimum atomic E-state index is -1.41. The molecule has 0 amide bonds. The molecule has 0 aliphatic carbocycles. The summed E-state index contributed by atoms with van der Waals surface area (Å²) in [6.45, 7) is 0.397. The highest BCUT2D eigenvalue weighted by Crippen LogP contribution is 2.51. The van der Waals surface area contributed by atoms with Crippen molar-refractivity contribution in [2.24, 2.45) is 0 Å². The molecule has 0 spiro atoms. The summed E-state index contributed by atoms with van der Waals surface area (Å²) in [7, 11) is 0. The summed E-state index contributed by atoms with van der Waals surface area (Å²) in [5.74, 6) is 0.303. The lowest BCUT2D eigenvalue weighted by Crippen LogP contribution is -2.43. The number of hydrogen-bond acceptors (Lipinski definition) is 4. The maximum atomic E-state index is 14.1. The first-order valence-electron chi connectivity index (χ1n) is 11.4. The van der Waals surface area contributed by atoms with Crippen LogP contribution in [0.15, 0.2) is 103 Å². The molecule has 4 nitrogen and oxygen atoms in total. The van der Waals surface area contributed by atoms with E-state index in [1.807, 2.05) is 60.7 Å². The Hall–Kier alpha value is -3.89. The van der Waals surface area contributed by atoms with E-state index in [0.29, 0.717) is 34.3 Å². The number of hydrogen-bond donors (Lipinski definition) is 0. The van der Waals surface area contributed by atoms with E-state index in [9.17, 15) is 9.59 Å². The van der Waals surface area contributed by atoms with E-state index in [1.54, 1.807) is 42.5 Å². The predicted octanol–water partition coefficient (Wildman–Crippen LogP) is 6.76. The van der Waals surface area contributed by atoms with E-state index in [0.717, 1.165) is 17.4 Å². The lowest BCUT2D eigenvalue weighted by atomic mass is 9.72. The van der Waals surface area contributed by atoms with Gasteiger partial charge in [-0.2, -0.15) is 0 Å². The van der Waals surface area contributed by atoms with Gasteiger partial charge >= 0.3 is 0 Å². The van der Waals surface area contributed by atoms with Crippen LogP contribution in [0.1, 0.15) is 39.4 Å². The van der Waals surface area contributed by atoms with Gasteiger partial charge in [0.25, 0.3) is 0 Å². The summed E-state index contributed by atoms with van der Waals surface area (Å²) >= 11 is 6.15. The highest BCUT2D eigenvalue weighted by atomic mass is 35.5. The second-order valence-electron chi connectivity index (χ2n) is 8.47. The van der Waals surface area contributed by atoms with Crippen molar-refractivity contribution < 1.29 is 19.1 Å². The molecule has 0 fully saturated rings. The Balaban J connectivity index is 1.56. The molecule has 4 aromatic carbocycles. The Morgan fingerprint density at radius 1 is 0.886 bits per heavy atom. The third kappa shape index (κ3) is 4.33. The summed E-state index contributed by atoms with van der Waals surface area (Å²) in [5.41, 5.74) is 1.57. The van der Waals surface area contributed by atoms with Crippen LogP contribution in [-0.2, 0) is 17.0 Å². The number of rotatable bonds is 8. The van der Waals surface area contributed by atoms with Crippen molar-refractivity contribution in [3.8, 4) is 11.5 Å². The molecule has 0 bridgehead atoms. The minimum absolute atomic E-state index is 0.115. The van der Waals surface area contributed by atoms with Crippen molar-refractivity contribution in [1.29, 1.82) is 0 Å². The van der Waals surface area contributed by atoms with Crippen LogP contribution in [0.4, 0.5) is 0 Å². The van der Waals surface area contributed by atoms with Gasteiger partial charge in [-0.25, -0.2) is 0 Å². The van der Waals surface area contributed by atoms with Gasteiger partial charge in [0.1, 0.15) is 24.4 Å². The first kappa shape index (κ1) is 22.9. The average molecular weight is 483 g/mol. The normalized spacial score (nSPS) is 17.3. The standard InChI is InChI=1S/C30H23ClO4/c31-24-13-11-23(12-14-24)30(27(17-18-32)22-9-5-2-6-10-22)29(33)26-16-15-25(19-28(26)35-30)34-20-21-7-3-1-4-8-21/h1-16,18-19,27H,17,20H2/t27-,30-/m1/s1. The Morgan fingerprint density at radius 2 is 1.57 bits per heavy atom. The van der Waals surface area contributed by atoms with E-state index in [-0.39, 0.29) is 12.2 Å². The molecule has 0 aromatic heterocycles. The van der Waals surface area contributed by atoms with Crippen LogP contribution in [0.3, 0.4) is 0 Å². The van der Waals surface area contributed by atoms with Gasteiger partial charge in [-0.15, -0.1) is 0 Å². The van der Waals surface area contributed by atoms with E-state index < -0.39 is 11.5 Å². The lowest BCUT2D eigenvalue weighted by molar-refractivity contribution is -0.109. The van der Waals surface area contributed by atoms with E-state index in [2.05, 4.69) is 0 Å². The molecule has 35 heavy (non-hydrogen) atoms. The predicted molar refractivity (Wildman–Crippen MR) is 135 cm³/mol. The smallest absolute Gasteiger partial charge is 0.215 e. The molecule has 5 rings (SSSR count). The molecule has 0 saturated heterocycles. The summed E-state index contributed by atoms with van der Waals surface area (Å²) in [5, 5.41) is 0.551. The van der Waals surface area contributed by atoms with E-state index in [4.69, 9.17) is 21.1 Å². The van der Waals surface area contributed by atoms with Crippen LogP contribution in [0, 0.1) is 0 Å². The number of carbonyl (C=O) groups is 2. The molecule has 0 N–H and O–H groups in total. The fraction of sp³-hybridized carbons (Fsp3) is 0.133. The second kappa shape index (κ2) is 9.77. The van der Waals surface area contributed by atoms with Crippen LogP contribution >= 0.6 is 11.6 Å². The SMILES string of the molecule is O=CC[C@H](c1ccccc1)[C@@]1(c2ccc(Cl)cc2)Oc2cc(OCc3ccccc3)ccc2C1=O. The third-order valence-electron chi connectivity index (χ3n) is 6.35. The van der Waals surface area contributed by atoms with Crippen molar-refractivity contribution >= 4 is 23.7 Å². The number of aldehydes is 1. The van der Waals surface area contributed by atoms with Gasteiger partial charge in [0, 0.05) is 29.0 Å². The fourth-order valence-corrected chi connectivity index (χ4v) is 4.79. The number of fused-ring (bicyclic) bond motifs is 1. The van der Waals surface area contributed by atoms with Crippen molar-refractivity contribution in [2.45, 2.75) is 24.5 Å². The van der Waals surface area contributed by atoms with Gasteiger partial charge in [0.05, 0.1) is 5.56 Å². The first-order valence-corrected chi connectivity index (χ1v) is 11.8. The first-order chi connectivity index (χ1) is 17.1. The van der Waals surface area contributed by atoms with Crippen LogP contribution in [0.2, 0.25) is 5.02 Å². The van der Waals surface area contributed by atoms with Gasteiger partial charge < -0.3 is 14.3 Å². The highest BCUT2D eigenvalue weighted by Gasteiger charge is 2.55. The topological polar surface area (TPSA) is 52.6 Å². The Labute approximate surface area is 209 Å². The van der Waals surface area contributed by atoms with Crippen molar-refractivity contribution in [2.75, 3.05) is 0 Å². The summed E-state index contributed by atoms with van der Waals surface area (Å²) in [6, 6.07) is 31.7. The molecular weight excluding hydrogens is 460 g/mol. The fourth-order valence-electron chi connectivity index (χ4n) is 4.66. The van der Waals surface area contributed by atoms with Crippen LogP contribution in [-0.4, -0.2) is 12.1 Å². The molecule has 1 heterocycles. The zero-order chi connectivity index (χ0) is 24.3.